The molecule has 0 atom stereocenters. The van der Waals surface area contributed by atoms with Gasteiger partial charge in [-0.1, -0.05) is 60.7 Å². The number of nitrogens with one attached hydrogen (secondary N) is 1. The Balaban J connectivity index is 0.00000208. The zero-order chi connectivity index (χ0) is 16.1. The van der Waals surface area contributed by atoms with E-state index in [1.54, 1.807) is 6.92 Å². The smallest absolute Gasteiger partial charge is 0.253 e. The summed E-state index contributed by atoms with van der Waals surface area (Å²) in [5.74, 6) is -0.136. The first-order valence-corrected chi connectivity index (χ1v) is 8.16. The van der Waals surface area contributed by atoms with E-state index in [0.29, 0.717) is 10.7 Å². The van der Waals surface area contributed by atoms with Crippen molar-refractivity contribution in [2.45, 2.75) is 6.92 Å². The Bertz CT molecular complexity index is 829. The number of aromatic nitrogens is 1. The first kappa shape index (κ1) is 17.9. The summed E-state index contributed by atoms with van der Waals surface area (Å²) < 4.78 is 0. The molecular weight excluding hydrogens is 340 g/mol. The fraction of sp³-hybridized carbons (Fsp3) is 0.0526. The third kappa shape index (κ3) is 4.54. The van der Waals surface area contributed by atoms with Crippen molar-refractivity contribution in [1.29, 1.82) is 0 Å². The summed E-state index contributed by atoms with van der Waals surface area (Å²) in [6.45, 7) is 1.80. The monoisotopic (exact) mass is 356 g/mol. The molecule has 3 aromatic rings. The number of amides is 1. The van der Waals surface area contributed by atoms with Gasteiger partial charge in [-0.05, 0) is 18.6 Å². The van der Waals surface area contributed by atoms with E-state index >= 15 is 0 Å². The van der Waals surface area contributed by atoms with Crippen molar-refractivity contribution >= 4 is 40.9 Å². The molecule has 3 nitrogen and oxygen atoms in total. The first-order valence-electron chi connectivity index (χ1n) is 7.28. The third-order valence-electron chi connectivity index (χ3n) is 3.34. The van der Waals surface area contributed by atoms with Crippen LogP contribution in [-0.2, 0) is 4.79 Å². The summed E-state index contributed by atoms with van der Waals surface area (Å²) in [5, 5.41) is 5.40. The quantitative estimate of drug-likeness (QED) is 0.646. The topological polar surface area (TPSA) is 42.0 Å². The van der Waals surface area contributed by atoms with Gasteiger partial charge in [0.05, 0.1) is 5.69 Å². The van der Waals surface area contributed by atoms with Gasteiger partial charge >= 0.3 is 0 Å². The van der Waals surface area contributed by atoms with Crippen LogP contribution in [0.25, 0.3) is 17.3 Å². The number of hydrogen-bond donors (Lipinski definition) is 1. The van der Waals surface area contributed by atoms with Crippen LogP contribution >= 0.6 is 23.7 Å². The average molecular weight is 357 g/mol. The van der Waals surface area contributed by atoms with Gasteiger partial charge < -0.3 is 0 Å². The van der Waals surface area contributed by atoms with Crippen LogP contribution in [0.2, 0.25) is 0 Å². The van der Waals surface area contributed by atoms with Crippen molar-refractivity contribution in [3.8, 4) is 11.3 Å². The zero-order valence-electron chi connectivity index (χ0n) is 13.1. The van der Waals surface area contributed by atoms with E-state index in [4.69, 9.17) is 0 Å². The fourth-order valence-corrected chi connectivity index (χ4v) is 2.85. The van der Waals surface area contributed by atoms with Gasteiger partial charge in [0.25, 0.3) is 5.91 Å². The Morgan fingerprint density at radius 3 is 2.33 bits per heavy atom. The fourth-order valence-electron chi connectivity index (χ4n) is 2.13. The van der Waals surface area contributed by atoms with Crippen molar-refractivity contribution in [2.75, 3.05) is 5.32 Å². The highest BCUT2D eigenvalue weighted by Crippen LogP contribution is 2.24. The highest BCUT2D eigenvalue weighted by molar-refractivity contribution is 7.14. The van der Waals surface area contributed by atoms with E-state index in [1.165, 1.54) is 11.3 Å². The van der Waals surface area contributed by atoms with Crippen LogP contribution in [0, 0.1) is 0 Å². The largest absolute Gasteiger partial charge is 0.298 e. The summed E-state index contributed by atoms with van der Waals surface area (Å²) in [7, 11) is 0. The van der Waals surface area contributed by atoms with E-state index in [0.717, 1.165) is 16.8 Å². The predicted molar refractivity (Wildman–Crippen MR) is 104 cm³/mol. The minimum absolute atomic E-state index is 0. The molecule has 0 aliphatic heterocycles. The number of rotatable bonds is 4. The second-order valence-corrected chi connectivity index (χ2v) is 5.95. The van der Waals surface area contributed by atoms with Crippen molar-refractivity contribution in [3.05, 3.63) is 77.2 Å². The van der Waals surface area contributed by atoms with Crippen molar-refractivity contribution in [1.82, 2.24) is 4.98 Å². The number of carbonyl (C=O) groups is 1. The Hall–Kier alpha value is -2.43. The molecule has 0 aliphatic rings. The first-order chi connectivity index (χ1) is 11.2. The van der Waals surface area contributed by atoms with Crippen LogP contribution in [0.1, 0.15) is 12.5 Å². The van der Waals surface area contributed by atoms with Gasteiger partial charge in [-0.25, -0.2) is 4.98 Å². The molecule has 24 heavy (non-hydrogen) atoms. The molecule has 0 aliphatic carbocycles. The molecule has 5 heteroatoms. The van der Waals surface area contributed by atoms with Crippen LogP contribution < -0.4 is 5.32 Å². The van der Waals surface area contributed by atoms with Crippen LogP contribution in [0.5, 0.6) is 0 Å². The lowest BCUT2D eigenvalue weighted by Gasteiger charge is -2.02. The number of thiazole rings is 1. The molecule has 0 fully saturated rings. The van der Waals surface area contributed by atoms with Crippen LogP contribution in [0.15, 0.2) is 71.6 Å². The molecule has 0 spiro atoms. The number of halogens is 1. The normalized spacial score (nSPS) is 10.8. The molecule has 122 valence electrons. The standard InChI is InChI=1S/C19H16N2OS.ClH/c1-14(12-15-8-4-2-5-9-15)18(22)21-19-20-17(13-23-19)16-10-6-3-7-11-16;/h2-13H,1H3,(H,20,21,22);1H. The van der Waals surface area contributed by atoms with Gasteiger partial charge in [0.1, 0.15) is 0 Å². The summed E-state index contributed by atoms with van der Waals surface area (Å²) in [4.78, 5) is 16.7. The number of benzene rings is 2. The molecule has 0 unspecified atom stereocenters. The zero-order valence-corrected chi connectivity index (χ0v) is 14.7. The lowest BCUT2D eigenvalue weighted by atomic mass is 10.1. The van der Waals surface area contributed by atoms with E-state index in [9.17, 15) is 4.79 Å². The molecule has 0 saturated carbocycles. The minimum Gasteiger partial charge on any atom is -0.298 e. The lowest BCUT2D eigenvalue weighted by molar-refractivity contribution is -0.112. The molecule has 1 N–H and O–H groups in total. The average Bonchev–Trinajstić information content (AvgIpc) is 3.05. The Labute approximate surface area is 151 Å². The Kier molecular flexibility index (Phi) is 6.29. The number of anilines is 1. The molecule has 2 aromatic carbocycles. The lowest BCUT2D eigenvalue weighted by Crippen LogP contribution is -2.12. The highest BCUT2D eigenvalue weighted by Gasteiger charge is 2.09. The van der Waals surface area contributed by atoms with Gasteiger partial charge in [0.15, 0.2) is 5.13 Å². The molecule has 0 radical (unpaired) electrons. The van der Waals surface area contributed by atoms with Crippen LogP contribution in [0.4, 0.5) is 5.13 Å². The highest BCUT2D eigenvalue weighted by atomic mass is 35.5. The van der Waals surface area contributed by atoms with Gasteiger partial charge in [0, 0.05) is 16.5 Å². The SMILES string of the molecule is CC(=Cc1ccccc1)C(=O)Nc1nc(-c2ccccc2)cs1.Cl. The van der Waals surface area contributed by atoms with Crippen molar-refractivity contribution in [3.63, 3.8) is 0 Å². The third-order valence-corrected chi connectivity index (χ3v) is 4.09. The van der Waals surface area contributed by atoms with Gasteiger partial charge in [0.2, 0.25) is 0 Å². The van der Waals surface area contributed by atoms with E-state index in [-0.39, 0.29) is 18.3 Å². The second kappa shape index (κ2) is 8.43. The van der Waals surface area contributed by atoms with Crippen LogP contribution in [0.3, 0.4) is 0 Å². The predicted octanol–water partition coefficient (Wildman–Crippen LogP) is 5.27. The minimum atomic E-state index is -0.136. The molecule has 3 rings (SSSR count). The summed E-state index contributed by atoms with van der Waals surface area (Å²) in [5.41, 5.74) is 3.56. The summed E-state index contributed by atoms with van der Waals surface area (Å²) in [6.07, 6.45) is 1.86. The number of carbonyl (C=O) groups excluding carboxylic acids is 1. The van der Waals surface area contributed by atoms with Gasteiger partial charge in [-0.3, -0.25) is 10.1 Å². The Morgan fingerprint density at radius 1 is 1.04 bits per heavy atom. The summed E-state index contributed by atoms with van der Waals surface area (Å²) in [6, 6.07) is 19.7. The summed E-state index contributed by atoms with van der Waals surface area (Å²) >= 11 is 1.43. The van der Waals surface area contributed by atoms with E-state index in [1.807, 2.05) is 72.1 Å². The molecular formula is C19H17ClN2OS. The van der Waals surface area contributed by atoms with E-state index < -0.39 is 0 Å². The maximum atomic E-state index is 12.2. The van der Waals surface area contributed by atoms with Crippen LogP contribution in [-0.4, -0.2) is 10.9 Å². The van der Waals surface area contributed by atoms with Crippen molar-refractivity contribution in [2.24, 2.45) is 0 Å². The maximum Gasteiger partial charge on any atom is 0.253 e. The van der Waals surface area contributed by atoms with Crippen molar-refractivity contribution < 1.29 is 4.79 Å². The molecule has 1 amide bonds. The molecule has 0 saturated heterocycles. The molecule has 1 aromatic heterocycles. The number of hydrogen-bond acceptors (Lipinski definition) is 3. The number of nitrogens with zero attached hydrogens (tertiary/aromatic N) is 1. The molecule has 1 heterocycles. The second-order valence-electron chi connectivity index (χ2n) is 5.10. The van der Waals surface area contributed by atoms with Gasteiger partial charge in [-0.15, -0.1) is 23.7 Å². The maximum absolute atomic E-state index is 12.2. The van der Waals surface area contributed by atoms with Gasteiger partial charge in [-0.2, -0.15) is 0 Å². The molecule has 0 bridgehead atoms. The van der Waals surface area contributed by atoms with E-state index in [2.05, 4.69) is 10.3 Å². The Morgan fingerprint density at radius 2 is 1.67 bits per heavy atom.